The maximum Gasteiger partial charge on any atom is 0.340 e. The van der Waals surface area contributed by atoms with Crippen molar-refractivity contribution in [1.29, 1.82) is 0 Å². The molecular weight excluding hydrogens is 416 g/mol. The molecule has 1 heterocycles. The predicted molar refractivity (Wildman–Crippen MR) is 89.4 cm³/mol. The number of fused-ring (bicyclic) bond motifs is 1. The zero-order chi connectivity index (χ0) is 16.4. The van der Waals surface area contributed by atoms with E-state index in [0.717, 1.165) is 3.57 Å². The van der Waals surface area contributed by atoms with Crippen LogP contribution in [0.25, 0.3) is 0 Å². The first-order valence-corrected chi connectivity index (χ1v) is 7.86. The van der Waals surface area contributed by atoms with Gasteiger partial charge in [0.1, 0.15) is 18.2 Å². The SMILES string of the molecule is Nc1ccc(I)cc1C(=O)OCc1cc(F)cc2c1OCOC2. The van der Waals surface area contributed by atoms with E-state index in [-0.39, 0.29) is 25.6 Å². The molecule has 5 nitrogen and oxygen atoms in total. The van der Waals surface area contributed by atoms with Crippen molar-refractivity contribution in [2.24, 2.45) is 0 Å². The van der Waals surface area contributed by atoms with Crippen molar-refractivity contribution in [2.45, 2.75) is 13.2 Å². The van der Waals surface area contributed by atoms with Crippen LogP contribution in [0, 0.1) is 9.39 Å². The van der Waals surface area contributed by atoms with E-state index in [1.54, 1.807) is 18.2 Å². The fraction of sp³-hybridized carbons (Fsp3) is 0.188. The highest BCUT2D eigenvalue weighted by molar-refractivity contribution is 14.1. The Kier molecular flexibility index (Phi) is 4.67. The van der Waals surface area contributed by atoms with Crippen LogP contribution in [0.1, 0.15) is 21.5 Å². The number of carbonyl (C=O) groups excluding carboxylic acids is 1. The molecule has 0 radical (unpaired) electrons. The number of carbonyl (C=O) groups is 1. The van der Waals surface area contributed by atoms with Gasteiger partial charge in [0, 0.05) is 20.4 Å². The monoisotopic (exact) mass is 429 g/mol. The van der Waals surface area contributed by atoms with E-state index in [4.69, 9.17) is 19.9 Å². The van der Waals surface area contributed by atoms with Gasteiger partial charge >= 0.3 is 5.97 Å². The number of benzene rings is 2. The number of hydrogen-bond donors (Lipinski definition) is 1. The molecule has 0 aromatic heterocycles. The second-order valence-corrected chi connectivity index (χ2v) is 6.22. The molecule has 2 N–H and O–H groups in total. The van der Waals surface area contributed by atoms with Gasteiger partial charge in [0.2, 0.25) is 0 Å². The van der Waals surface area contributed by atoms with E-state index in [9.17, 15) is 9.18 Å². The fourth-order valence-corrected chi connectivity index (χ4v) is 2.78. The molecule has 1 aliphatic rings. The van der Waals surface area contributed by atoms with Gasteiger partial charge in [0.05, 0.1) is 12.2 Å². The van der Waals surface area contributed by atoms with E-state index in [1.807, 2.05) is 0 Å². The molecule has 0 atom stereocenters. The zero-order valence-electron chi connectivity index (χ0n) is 12.0. The quantitative estimate of drug-likeness (QED) is 0.461. The zero-order valence-corrected chi connectivity index (χ0v) is 14.1. The molecule has 0 aliphatic carbocycles. The van der Waals surface area contributed by atoms with Crippen molar-refractivity contribution in [3.05, 3.63) is 56.4 Å². The number of rotatable bonds is 3. The molecule has 23 heavy (non-hydrogen) atoms. The lowest BCUT2D eigenvalue weighted by Gasteiger charge is -2.20. The summed E-state index contributed by atoms with van der Waals surface area (Å²) in [5.41, 5.74) is 7.46. The smallest absolute Gasteiger partial charge is 0.340 e. The molecule has 0 fully saturated rings. The van der Waals surface area contributed by atoms with Crippen LogP contribution < -0.4 is 10.5 Å². The van der Waals surface area contributed by atoms with Gasteiger partial charge < -0.3 is 19.9 Å². The number of anilines is 1. The van der Waals surface area contributed by atoms with Crippen LogP contribution in [0.4, 0.5) is 10.1 Å². The van der Waals surface area contributed by atoms with Gasteiger partial charge in [-0.2, -0.15) is 0 Å². The normalized spacial score (nSPS) is 13.1. The average Bonchev–Trinajstić information content (AvgIpc) is 2.54. The molecule has 0 bridgehead atoms. The third kappa shape index (κ3) is 3.56. The molecule has 0 saturated carbocycles. The van der Waals surface area contributed by atoms with Crippen LogP contribution in [0.5, 0.6) is 5.75 Å². The minimum Gasteiger partial charge on any atom is -0.467 e. The summed E-state index contributed by atoms with van der Waals surface area (Å²) < 4.78 is 30.3. The summed E-state index contributed by atoms with van der Waals surface area (Å²) in [6, 6.07) is 7.71. The summed E-state index contributed by atoms with van der Waals surface area (Å²) in [5.74, 6) is -0.496. The Morgan fingerprint density at radius 2 is 2.17 bits per heavy atom. The highest BCUT2D eigenvalue weighted by atomic mass is 127. The summed E-state index contributed by atoms with van der Waals surface area (Å²) in [7, 11) is 0. The molecule has 7 heteroatoms. The average molecular weight is 429 g/mol. The highest BCUT2D eigenvalue weighted by Gasteiger charge is 2.19. The number of ether oxygens (including phenoxy) is 3. The van der Waals surface area contributed by atoms with Gasteiger partial charge in [0.25, 0.3) is 0 Å². The Hall–Kier alpha value is -1.87. The largest absolute Gasteiger partial charge is 0.467 e. The Labute approximate surface area is 145 Å². The molecule has 0 spiro atoms. The molecule has 0 unspecified atom stereocenters. The minimum atomic E-state index is -0.564. The predicted octanol–water partition coefficient (Wildman–Crippen LogP) is 3.24. The number of nitrogen functional groups attached to an aromatic ring is 1. The summed E-state index contributed by atoms with van der Waals surface area (Å²) in [6.45, 7) is 0.241. The first-order valence-electron chi connectivity index (χ1n) is 6.78. The van der Waals surface area contributed by atoms with E-state index in [2.05, 4.69) is 22.6 Å². The lowest BCUT2D eigenvalue weighted by molar-refractivity contribution is -0.0182. The third-order valence-corrected chi connectivity index (χ3v) is 4.02. The Morgan fingerprint density at radius 1 is 1.35 bits per heavy atom. The van der Waals surface area contributed by atoms with Crippen LogP contribution in [-0.2, 0) is 22.7 Å². The Balaban J connectivity index is 1.79. The topological polar surface area (TPSA) is 70.8 Å². The van der Waals surface area contributed by atoms with Gasteiger partial charge in [-0.05, 0) is 52.9 Å². The molecule has 2 aromatic carbocycles. The second-order valence-electron chi connectivity index (χ2n) is 4.97. The van der Waals surface area contributed by atoms with Gasteiger partial charge in [-0.3, -0.25) is 0 Å². The van der Waals surface area contributed by atoms with Crippen LogP contribution >= 0.6 is 22.6 Å². The minimum absolute atomic E-state index is 0.0867. The van der Waals surface area contributed by atoms with Crippen LogP contribution in [0.3, 0.4) is 0 Å². The molecule has 0 saturated heterocycles. The maximum atomic E-state index is 13.6. The summed E-state index contributed by atoms with van der Waals surface area (Å²) in [5, 5.41) is 0. The van der Waals surface area contributed by atoms with Crippen LogP contribution in [-0.4, -0.2) is 12.8 Å². The lowest BCUT2D eigenvalue weighted by Crippen LogP contribution is -2.15. The van der Waals surface area contributed by atoms with Crippen LogP contribution in [0.15, 0.2) is 30.3 Å². The Bertz CT molecular complexity index is 766. The van der Waals surface area contributed by atoms with E-state index < -0.39 is 11.8 Å². The van der Waals surface area contributed by atoms with Crippen LogP contribution in [0.2, 0.25) is 0 Å². The molecule has 3 rings (SSSR count). The first kappa shape index (κ1) is 16.0. The molecule has 120 valence electrons. The fourth-order valence-electron chi connectivity index (χ4n) is 2.29. The standard InChI is InChI=1S/C16H13FINO4/c17-11-3-9-6-21-8-23-15(9)10(4-11)7-22-16(20)13-5-12(18)1-2-14(13)19/h1-5H,6-8,19H2. The summed E-state index contributed by atoms with van der Waals surface area (Å²) in [4.78, 5) is 12.2. The number of hydrogen-bond acceptors (Lipinski definition) is 5. The summed E-state index contributed by atoms with van der Waals surface area (Å²) >= 11 is 2.08. The van der Waals surface area contributed by atoms with E-state index in [0.29, 0.717) is 22.6 Å². The third-order valence-electron chi connectivity index (χ3n) is 3.35. The highest BCUT2D eigenvalue weighted by Crippen LogP contribution is 2.30. The molecule has 0 amide bonds. The van der Waals surface area contributed by atoms with Gasteiger partial charge in [-0.1, -0.05) is 0 Å². The second kappa shape index (κ2) is 6.71. The Morgan fingerprint density at radius 3 is 3.00 bits per heavy atom. The van der Waals surface area contributed by atoms with Crippen molar-refractivity contribution in [1.82, 2.24) is 0 Å². The number of esters is 1. The molecule has 2 aromatic rings. The molecular formula is C16H13FINO4. The van der Waals surface area contributed by atoms with Gasteiger partial charge in [-0.25, -0.2) is 9.18 Å². The summed E-state index contributed by atoms with van der Waals surface area (Å²) in [6.07, 6.45) is 0. The van der Waals surface area contributed by atoms with Crippen molar-refractivity contribution in [2.75, 3.05) is 12.5 Å². The van der Waals surface area contributed by atoms with Gasteiger partial charge in [-0.15, -0.1) is 0 Å². The van der Waals surface area contributed by atoms with Crippen molar-refractivity contribution >= 4 is 34.2 Å². The molecule has 1 aliphatic heterocycles. The number of nitrogens with two attached hydrogens (primary N) is 1. The van der Waals surface area contributed by atoms with Gasteiger partial charge in [0.15, 0.2) is 6.79 Å². The first-order chi connectivity index (χ1) is 11.0. The van der Waals surface area contributed by atoms with E-state index >= 15 is 0 Å². The van der Waals surface area contributed by atoms with E-state index in [1.165, 1.54) is 12.1 Å². The maximum absolute atomic E-state index is 13.6. The lowest BCUT2D eigenvalue weighted by atomic mass is 10.1. The number of halogens is 2. The van der Waals surface area contributed by atoms with Crippen molar-refractivity contribution in [3.8, 4) is 5.75 Å². The van der Waals surface area contributed by atoms with Crippen molar-refractivity contribution < 1.29 is 23.4 Å². The van der Waals surface area contributed by atoms with Crippen molar-refractivity contribution in [3.63, 3.8) is 0 Å².